The van der Waals surface area contributed by atoms with Crippen molar-refractivity contribution in [1.29, 1.82) is 0 Å². The van der Waals surface area contributed by atoms with Gasteiger partial charge < -0.3 is 0 Å². The van der Waals surface area contributed by atoms with E-state index in [1.165, 1.54) is 5.39 Å². The molecule has 0 amide bonds. The van der Waals surface area contributed by atoms with Gasteiger partial charge >= 0.3 is 0 Å². The molecule has 0 bridgehead atoms. The van der Waals surface area contributed by atoms with Crippen molar-refractivity contribution < 1.29 is 28.9 Å². The van der Waals surface area contributed by atoms with Gasteiger partial charge in [0.1, 0.15) is 0 Å². The minimum absolute atomic E-state index is 1.06. The van der Waals surface area contributed by atoms with Gasteiger partial charge in [0.2, 0.25) is 0 Å². The lowest BCUT2D eigenvalue weighted by Crippen LogP contribution is -2.58. The zero-order valence-electron chi connectivity index (χ0n) is 7.54. The first-order valence-corrected chi connectivity index (χ1v) is 5.16. The molecular formula is C9H8ClNO4. The zero-order valence-corrected chi connectivity index (χ0v) is 8.29. The Kier molecular flexibility index (Phi) is 3.96. The molecule has 15 heavy (non-hydrogen) atoms. The van der Waals surface area contributed by atoms with Crippen LogP contribution in [-0.2, 0) is 0 Å². The highest BCUT2D eigenvalue weighted by Crippen LogP contribution is 2.07. The van der Waals surface area contributed by atoms with Crippen LogP contribution >= 0.6 is 0 Å². The maximum absolute atomic E-state index is 8.60. The number of rotatable bonds is 0. The molecule has 2 rings (SSSR count). The van der Waals surface area contributed by atoms with E-state index in [9.17, 15) is 0 Å². The fourth-order valence-corrected chi connectivity index (χ4v) is 1.02. The summed E-state index contributed by atoms with van der Waals surface area (Å²) in [5.41, 5.74) is 1.06. The van der Waals surface area contributed by atoms with Crippen LogP contribution in [0.1, 0.15) is 0 Å². The molecule has 1 aromatic carbocycles. The van der Waals surface area contributed by atoms with Crippen LogP contribution < -0.4 is 14.0 Å². The van der Waals surface area contributed by atoms with E-state index in [0.717, 1.165) is 5.52 Å². The number of hydrogen-bond donors (Lipinski definition) is 1. The molecule has 0 unspecified atom stereocenters. The first-order valence-electron chi connectivity index (χ1n) is 3.90. The Balaban J connectivity index is 0.000000195. The monoisotopic (exact) mass is 229 g/mol. The molecule has 5 nitrogen and oxygen atoms in total. The predicted octanol–water partition coefficient (Wildman–Crippen LogP) is -1.89. The average molecular weight is 230 g/mol. The largest absolute Gasteiger partial charge is 0.256 e. The summed E-state index contributed by atoms with van der Waals surface area (Å²) < 4.78 is 32.7. The number of halogens is 1. The van der Waals surface area contributed by atoms with Gasteiger partial charge in [-0.25, -0.2) is 0 Å². The Morgan fingerprint density at radius 3 is 2.13 bits per heavy atom. The average Bonchev–Trinajstić information content (AvgIpc) is 2.16. The molecule has 0 aliphatic rings. The lowest BCUT2D eigenvalue weighted by atomic mass is 10.2. The number of para-hydroxylation sites is 1. The van der Waals surface area contributed by atoms with E-state index in [1.54, 1.807) is 0 Å². The van der Waals surface area contributed by atoms with Crippen molar-refractivity contribution in [3.8, 4) is 0 Å². The highest BCUT2D eigenvalue weighted by Gasteiger charge is 1.98. The number of pyridine rings is 1. The van der Waals surface area contributed by atoms with Crippen molar-refractivity contribution in [1.82, 2.24) is 4.98 Å². The molecule has 2 aromatic rings. The standard InChI is InChI=1S/C9H7N.ClHO4/c1-2-6-9-8(4-1)5-3-7-10-9;2-1(3,4)5/h1-7H;(H,2,3,4,5). The third-order valence-electron chi connectivity index (χ3n) is 1.51. The lowest BCUT2D eigenvalue weighted by molar-refractivity contribution is -1.92. The predicted molar refractivity (Wildman–Crippen MR) is 44.0 cm³/mol. The number of aromatic nitrogens is 1. The minimum Gasteiger partial charge on any atom is -0.256 e. The van der Waals surface area contributed by atoms with Crippen LogP contribution in [0.2, 0.25) is 0 Å². The molecule has 0 saturated carbocycles. The topological polar surface area (TPSA) is 102 Å². The van der Waals surface area contributed by atoms with Crippen LogP contribution in [0.4, 0.5) is 0 Å². The Labute approximate surface area is 88.0 Å². The van der Waals surface area contributed by atoms with E-state index in [4.69, 9.17) is 18.6 Å². The Bertz CT molecular complexity index is 358. The molecule has 0 atom stereocenters. The first-order chi connectivity index (χ1) is 6.97. The van der Waals surface area contributed by atoms with Gasteiger partial charge in [0.15, 0.2) is 0 Å². The molecule has 0 fully saturated rings. The number of hydrogen-bond acceptors (Lipinski definition) is 5. The molecule has 0 aliphatic heterocycles. The van der Waals surface area contributed by atoms with Gasteiger partial charge in [-0.2, -0.15) is 14.0 Å². The van der Waals surface area contributed by atoms with E-state index in [2.05, 4.69) is 17.1 Å². The molecule has 1 aromatic heterocycles. The van der Waals surface area contributed by atoms with Crippen LogP contribution in [0, 0.1) is 10.2 Å². The summed E-state index contributed by atoms with van der Waals surface area (Å²) in [4.78, 5) is 4.18. The van der Waals surface area contributed by atoms with Gasteiger partial charge in [-0.3, -0.25) is 4.98 Å². The van der Waals surface area contributed by atoms with Crippen LogP contribution in [0.15, 0.2) is 42.6 Å². The lowest BCUT2D eigenvalue weighted by Gasteiger charge is -2.03. The van der Waals surface area contributed by atoms with Crippen LogP contribution in [-0.4, -0.2) is 9.64 Å². The van der Waals surface area contributed by atoms with Gasteiger partial charge in [0, 0.05) is 11.6 Å². The van der Waals surface area contributed by atoms with Crippen molar-refractivity contribution >= 4 is 10.9 Å². The van der Waals surface area contributed by atoms with Crippen LogP contribution in [0.5, 0.6) is 0 Å². The Hall–Kier alpha value is -1.24. The van der Waals surface area contributed by atoms with Gasteiger partial charge in [0.05, 0.1) is 20.4 Å². The van der Waals surface area contributed by atoms with Crippen LogP contribution in [0.3, 0.4) is 0 Å². The summed E-state index contributed by atoms with van der Waals surface area (Å²) in [6.45, 7) is 0. The second kappa shape index (κ2) is 5.01. The molecule has 0 aliphatic carbocycles. The molecular weight excluding hydrogens is 222 g/mol. The number of nitrogens with zero attached hydrogens (tertiary/aromatic N) is 1. The number of fused-ring (bicyclic) bond motifs is 1. The van der Waals surface area contributed by atoms with E-state index in [0.29, 0.717) is 0 Å². The van der Waals surface area contributed by atoms with E-state index < -0.39 is 10.2 Å². The molecule has 0 radical (unpaired) electrons. The normalized spacial score (nSPS) is 10.7. The second-order valence-electron chi connectivity index (χ2n) is 2.59. The molecule has 1 N–H and O–H groups in total. The van der Waals surface area contributed by atoms with Crippen LogP contribution in [0.25, 0.3) is 10.9 Å². The smallest absolute Gasteiger partial charge is 0.0777 e. The summed E-state index contributed by atoms with van der Waals surface area (Å²) >= 11 is 0. The Morgan fingerprint density at radius 2 is 1.53 bits per heavy atom. The molecule has 1 heterocycles. The van der Waals surface area contributed by atoms with Gasteiger partial charge in [-0.05, 0) is 12.1 Å². The fraction of sp³-hybridized carbons (Fsp3) is 0. The zero-order chi connectivity index (χ0) is 11.3. The molecule has 6 heteroatoms. The third-order valence-corrected chi connectivity index (χ3v) is 1.51. The van der Waals surface area contributed by atoms with Crippen molar-refractivity contribution in [3.63, 3.8) is 0 Å². The SMILES string of the molecule is [O-][Cl+3]([O-])([O-])O.c1ccc2ncccc2c1. The van der Waals surface area contributed by atoms with Crippen molar-refractivity contribution in [2.45, 2.75) is 0 Å². The van der Waals surface area contributed by atoms with Gasteiger partial charge in [-0.15, -0.1) is 0 Å². The van der Waals surface area contributed by atoms with Gasteiger partial charge in [-0.1, -0.05) is 24.3 Å². The van der Waals surface area contributed by atoms with Crippen molar-refractivity contribution in [3.05, 3.63) is 42.6 Å². The number of benzene rings is 1. The fourth-order valence-electron chi connectivity index (χ4n) is 1.02. The second-order valence-corrected chi connectivity index (χ2v) is 3.38. The summed E-state index contributed by atoms with van der Waals surface area (Å²) in [5.74, 6) is 0. The highest BCUT2D eigenvalue weighted by atomic mass is 35.7. The summed E-state index contributed by atoms with van der Waals surface area (Å²) in [5, 5.41) is 1.20. The maximum Gasteiger partial charge on any atom is 0.0777 e. The van der Waals surface area contributed by atoms with Crippen molar-refractivity contribution in [2.24, 2.45) is 0 Å². The van der Waals surface area contributed by atoms with E-state index in [-0.39, 0.29) is 0 Å². The quantitative estimate of drug-likeness (QED) is 0.569. The summed E-state index contributed by atoms with van der Waals surface area (Å²) in [6.07, 6.45) is 1.81. The Morgan fingerprint density at radius 1 is 1.00 bits per heavy atom. The molecule has 80 valence electrons. The highest BCUT2D eigenvalue weighted by molar-refractivity contribution is 5.77. The molecule has 0 spiro atoms. The maximum atomic E-state index is 8.60. The van der Waals surface area contributed by atoms with Gasteiger partial charge in [0.25, 0.3) is 0 Å². The van der Waals surface area contributed by atoms with Crippen molar-refractivity contribution in [2.75, 3.05) is 0 Å². The van der Waals surface area contributed by atoms with E-state index >= 15 is 0 Å². The molecule has 0 saturated heterocycles. The first kappa shape index (κ1) is 11.8. The summed E-state index contributed by atoms with van der Waals surface area (Å²) in [6, 6.07) is 12.1. The van der Waals surface area contributed by atoms with E-state index in [1.807, 2.05) is 30.5 Å². The minimum atomic E-state index is -4.69. The summed E-state index contributed by atoms with van der Waals surface area (Å²) in [7, 11) is -4.69. The third kappa shape index (κ3) is 5.26.